The Morgan fingerprint density at radius 2 is 2.16 bits per heavy atom. The highest BCUT2D eigenvalue weighted by atomic mass is 32.1. The van der Waals surface area contributed by atoms with Crippen molar-refractivity contribution in [3.8, 4) is 0 Å². The number of ether oxygens (including phenoxy) is 1. The summed E-state index contributed by atoms with van der Waals surface area (Å²) >= 11 is 1.60. The molecule has 1 aromatic heterocycles. The van der Waals surface area contributed by atoms with E-state index in [4.69, 9.17) is 18.3 Å². The third-order valence-electron chi connectivity index (χ3n) is 6.10. The van der Waals surface area contributed by atoms with Crippen molar-refractivity contribution in [1.29, 1.82) is 0 Å². The molecule has 1 aliphatic heterocycles. The van der Waals surface area contributed by atoms with E-state index < -0.39 is 5.60 Å². The van der Waals surface area contributed by atoms with E-state index in [1.807, 2.05) is 6.07 Å². The van der Waals surface area contributed by atoms with Crippen molar-refractivity contribution in [1.82, 2.24) is 4.98 Å². The van der Waals surface area contributed by atoms with Gasteiger partial charge in [0.15, 0.2) is 10.7 Å². The van der Waals surface area contributed by atoms with Gasteiger partial charge in [-0.2, -0.15) is 0 Å². The van der Waals surface area contributed by atoms with Crippen LogP contribution in [-0.2, 0) is 4.74 Å². The average Bonchev–Trinajstić information content (AvgIpc) is 3.08. The number of benzene rings is 1. The molecule has 25 heavy (non-hydrogen) atoms. The van der Waals surface area contributed by atoms with Crippen LogP contribution < -0.4 is 11.1 Å². The Kier molecular flexibility index (Phi) is 3.26. The molecule has 3 aliphatic carbocycles. The molecule has 6 rings (SSSR count). The van der Waals surface area contributed by atoms with Gasteiger partial charge in [-0.1, -0.05) is 35.6 Å². The zero-order valence-corrected chi connectivity index (χ0v) is 15.1. The quantitative estimate of drug-likeness (QED) is 0.772. The second-order valence-electron chi connectivity index (χ2n) is 7.86. The molecule has 2 heterocycles. The first-order valence-electron chi connectivity index (χ1n) is 8.91. The van der Waals surface area contributed by atoms with Crippen molar-refractivity contribution in [3.63, 3.8) is 0 Å². The summed E-state index contributed by atoms with van der Waals surface area (Å²) in [6.45, 7) is 2.08. The zero-order valence-electron chi connectivity index (χ0n) is 14.3. The molecule has 0 saturated heterocycles. The van der Waals surface area contributed by atoms with Gasteiger partial charge in [0.1, 0.15) is 6.17 Å². The lowest BCUT2D eigenvalue weighted by Crippen LogP contribution is -2.58. The van der Waals surface area contributed by atoms with Gasteiger partial charge in [0.05, 0.1) is 18.1 Å². The number of hydrogen-bond donors (Lipinski definition) is 2. The molecule has 1 unspecified atom stereocenters. The SMILES string of the molecule is [B]C12CCC(CC1)[C@@]1(C2)OC(Nc2nc3ccc(C)cc3s2)=NC1N. The third-order valence-corrected chi connectivity index (χ3v) is 7.04. The van der Waals surface area contributed by atoms with Crippen LogP contribution in [0.25, 0.3) is 10.2 Å². The first-order chi connectivity index (χ1) is 12.0. The van der Waals surface area contributed by atoms with Crippen LogP contribution in [0.3, 0.4) is 0 Å². The molecule has 2 aromatic rings. The lowest BCUT2D eigenvalue weighted by molar-refractivity contribution is -0.0796. The molecule has 5 nitrogen and oxygen atoms in total. The van der Waals surface area contributed by atoms with Gasteiger partial charge in [0, 0.05) is 5.92 Å². The Bertz CT molecular complexity index is 873. The molecule has 2 bridgehead atoms. The van der Waals surface area contributed by atoms with E-state index in [1.165, 1.54) is 5.56 Å². The van der Waals surface area contributed by atoms with Gasteiger partial charge in [-0.15, -0.1) is 0 Å². The number of anilines is 1. The van der Waals surface area contributed by atoms with Gasteiger partial charge in [-0.3, -0.25) is 5.32 Å². The van der Waals surface area contributed by atoms with Crippen molar-refractivity contribution in [2.75, 3.05) is 5.32 Å². The Balaban J connectivity index is 1.39. The molecule has 0 amide bonds. The van der Waals surface area contributed by atoms with Gasteiger partial charge >= 0.3 is 0 Å². The standard InChI is InChI=1S/C18H21BN4OS/c1-10-2-3-12-13(8-10)25-16(21-12)23-15-22-14(20)18(24-15)9-17(19)6-4-11(18)5-7-17/h2-3,8,11,14H,4-7,9,20H2,1H3,(H,21,22,23)/t11?,14?,17?,18-/m1/s1. The fourth-order valence-corrected chi connectivity index (χ4v) is 5.71. The third kappa shape index (κ3) is 2.40. The lowest BCUT2D eigenvalue weighted by Gasteiger charge is -2.55. The second kappa shape index (κ2) is 5.21. The number of rotatable bonds is 1. The first-order valence-corrected chi connectivity index (χ1v) is 9.73. The number of amidine groups is 1. The van der Waals surface area contributed by atoms with Crippen LogP contribution in [0.1, 0.15) is 37.7 Å². The molecule has 2 atom stereocenters. The number of aryl methyl sites for hydroxylation is 1. The van der Waals surface area contributed by atoms with E-state index in [-0.39, 0.29) is 11.5 Å². The normalized spacial score (nSPS) is 36.6. The maximum Gasteiger partial charge on any atom is 0.293 e. The number of thiazole rings is 1. The van der Waals surface area contributed by atoms with Crippen molar-refractivity contribution in [3.05, 3.63) is 23.8 Å². The molecule has 7 heteroatoms. The highest BCUT2D eigenvalue weighted by Gasteiger charge is 2.59. The van der Waals surface area contributed by atoms with E-state index in [0.29, 0.717) is 11.9 Å². The molecule has 4 aliphatic rings. The van der Waals surface area contributed by atoms with Crippen LogP contribution in [-0.4, -0.2) is 30.6 Å². The minimum Gasteiger partial charge on any atom is -0.454 e. The molecule has 3 saturated carbocycles. The fourth-order valence-electron chi connectivity index (χ4n) is 4.76. The number of aliphatic imine (C=N–C) groups is 1. The summed E-state index contributed by atoms with van der Waals surface area (Å²) in [6.07, 6.45) is 4.71. The van der Waals surface area contributed by atoms with Crippen molar-refractivity contribution in [2.24, 2.45) is 16.6 Å². The summed E-state index contributed by atoms with van der Waals surface area (Å²) < 4.78 is 7.48. The van der Waals surface area contributed by atoms with Crippen LogP contribution >= 0.6 is 11.3 Å². The zero-order chi connectivity index (χ0) is 17.2. The van der Waals surface area contributed by atoms with Crippen LogP contribution in [0.4, 0.5) is 5.13 Å². The molecule has 1 spiro atoms. The Hall–Kier alpha value is -1.60. The van der Waals surface area contributed by atoms with Gasteiger partial charge in [-0.05, 0) is 43.9 Å². The van der Waals surface area contributed by atoms with E-state index in [2.05, 4.69) is 34.3 Å². The van der Waals surface area contributed by atoms with Crippen molar-refractivity contribution >= 4 is 40.6 Å². The van der Waals surface area contributed by atoms with Crippen LogP contribution in [0.2, 0.25) is 5.31 Å². The topological polar surface area (TPSA) is 72.5 Å². The summed E-state index contributed by atoms with van der Waals surface area (Å²) in [6, 6.07) is 6.73. The summed E-state index contributed by atoms with van der Waals surface area (Å²) in [5.41, 5.74) is 8.17. The smallest absolute Gasteiger partial charge is 0.293 e. The summed E-state index contributed by atoms with van der Waals surface area (Å²) in [4.78, 5) is 9.19. The van der Waals surface area contributed by atoms with E-state index >= 15 is 0 Å². The second-order valence-corrected chi connectivity index (χ2v) is 8.90. The minimum atomic E-state index is -0.444. The first kappa shape index (κ1) is 15.6. The molecule has 128 valence electrons. The summed E-state index contributed by atoms with van der Waals surface area (Å²) in [7, 11) is 6.56. The molecule has 2 radical (unpaired) electrons. The molecular weight excluding hydrogens is 331 g/mol. The number of nitrogens with one attached hydrogen (secondary N) is 1. The minimum absolute atomic E-state index is 0.148. The Morgan fingerprint density at radius 1 is 1.36 bits per heavy atom. The van der Waals surface area contributed by atoms with E-state index in [0.717, 1.165) is 47.5 Å². The largest absolute Gasteiger partial charge is 0.454 e. The molecule has 3 fully saturated rings. The average molecular weight is 352 g/mol. The van der Waals surface area contributed by atoms with Gasteiger partial charge in [0.2, 0.25) is 0 Å². The number of nitrogens with two attached hydrogens (primary N) is 1. The predicted octanol–water partition coefficient (Wildman–Crippen LogP) is 3.35. The predicted molar refractivity (Wildman–Crippen MR) is 102 cm³/mol. The monoisotopic (exact) mass is 352 g/mol. The highest BCUT2D eigenvalue weighted by Crippen LogP contribution is 2.60. The van der Waals surface area contributed by atoms with E-state index in [9.17, 15) is 0 Å². The number of nitrogens with zero attached hydrogens (tertiary/aromatic N) is 2. The Labute approximate surface area is 152 Å². The van der Waals surface area contributed by atoms with Gasteiger partial charge in [-0.25, -0.2) is 9.98 Å². The maximum atomic E-state index is 6.56. The number of aromatic nitrogens is 1. The molecule has 3 N–H and O–H groups in total. The van der Waals surface area contributed by atoms with Gasteiger partial charge in [0.25, 0.3) is 6.02 Å². The summed E-state index contributed by atoms with van der Waals surface area (Å²) in [5, 5.41) is 3.87. The molecule has 1 aromatic carbocycles. The lowest BCUT2D eigenvalue weighted by atomic mass is 9.46. The number of fused-ring (bicyclic) bond motifs is 3. The van der Waals surface area contributed by atoms with Crippen molar-refractivity contribution < 1.29 is 4.74 Å². The van der Waals surface area contributed by atoms with Crippen molar-refractivity contribution in [2.45, 2.75) is 56.1 Å². The highest BCUT2D eigenvalue weighted by molar-refractivity contribution is 7.22. The van der Waals surface area contributed by atoms with Crippen LogP contribution in [0.5, 0.6) is 0 Å². The van der Waals surface area contributed by atoms with Crippen LogP contribution in [0, 0.1) is 12.8 Å². The summed E-state index contributed by atoms with van der Waals surface area (Å²) in [5.74, 6) is 0.439. The number of hydrogen-bond acceptors (Lipinski definition) is 6. The Morgan fingerprint density at radius 3 is 2.92 bits per heavy atom. The maximum absolute atomic E-state index is 6.56. The van der Waals surface area contributed by atoms with Gasteiger partial charge < -0.3 is 10.5 Å². The fraction of sp³-hybridized carbons (Fsp3) is 0.556. The van der Waals surface area contributed by atoms with Crippen LogP contribution in [0.15, 0.2) is 23.2 Å². The molecular formula is C18H21BN4OS. The van der Waals surface area contributed by atoms with E-state index in [1.54, 1.807) is 11.3 Å².